The molecule has 6 heteroatoms. The van der Waals surface area contributed by atoms with E-state index in [1.165, 1.54) is 12.1 Å². The van der Waals surface area contributed by atoms with E-state index in [1.807, 2.05) is 6.07 Å². The van der Waals surface area contributed by atoms with Crippen molar-refractivity contribution in [2.24, 2.45) is 0 Å². The third-order valence-electron chi connectivity index (χ3n) is 3.63. The molecular weight excluding hydrogens is 276 g/mol. The fourth-order valence-corrected chi connectivity index (χ4v) is 4.06. The molecule has 5 nitrogen and oxygen atoms in total. The summed E-state index contributed by atoms with van der Waals surface area (Å²) in [6, 6.07) is 6.02. The summed E-state index contributed by atoms with van der Waals surface area (Å²) in [5.41, 5.74) is 0.959. The zero-order valence-corrected chi connectivity index (χ0v) is 12.2. The minimum Gasteiger partial charge on any atom is -0.391 e. The van der Waals surface area contributed by atoms with E-state index in [9.17, 15) is 13.5 Å². The van der Waals surface area contributed by atoms with Crippen molar-refractivity contribution in [2.45, 2.75) is 49.6 Å². The van der Waals surface area contributed by atoms with E-state index in [2.05, 4.69) is 4.72 Å². The number of nitrogens with zero attached hydrogens (tertiary/aromatic N) is 1. The van der Waals surface area contributed by atoms with Gasteiger partial charge in [-0.25, -0.2) is 13.1 Å². The fraction of sp³-hybridized carbons (Fsp3) is 0.500. The molecule has 1 aliphatic rings. The van der Waals surface area contributed by atoms with Crippen molar-refractivity contribution in [1.29, 1.82) is 5.26 Å². The Balaban J connectivity index is 2.24. The number of hydrogen-bond donors (Lipinski definition) is 2. The molecule has 0 aromatic heterocycles. The summed E-state index contributed by atoms with van der Waals surface area (Å²) in [6.07, 6.45) is 2.48. The second-order valence-corrected chi connectivity index (χ2v) is 6.85. The summed E-state index contributed by atoms with van der Waals surface area (Å²) in [4.78, 5) is 0.161. The minimum atomic E-state index is -3.67. The quantitative estimate of drug-likeness (QED) is 0.882. The van der Waals surface area contributed by atoms with Crippen molar-refractivity contribution >= 4 is 10.0 Å². The Morgan fingerprint density at radius 3 is 2.65 bits per heavy atom. The number of aliphatic hydroxyl groups excluding tert-OH is 1. The van der Waals surface area contributed by atoms with E-state index in [0.29, 0.717) is 24.0 Å². The number of rotatable bonds is 3. The number of aryl methyl sites for hydroxylation is 1. The van der Waals surface area contributed by atoms with E-state index in [0.717, 1.165) is 12.8 Å². The van der Waals surface area contributed by atoms with Gasteiger partial charge in [0.05, 0.1) is 22.6 Å². The van der Waals surface area contributed by atoms with Crippen LogP contribution in [0.2, 0.25) is 0 Å². The van der Waals surface area contributed by atoms with Gasteiger partial charge < -0.3 is 5.11 Å². The number of nitrogens with one attached hydrogen (secondary N) is 1. The fourth-order valence-electron chi connectivity index (χ4n) is 2.53. The first-order chi connectivity index (χ1) is 9.44. The largest absolute Gasteiger partial charge is 0.391 e. The second kappa shape index (κ2) is 5.92. The Labute approximate surface area is 119 Å². The molecule has 0 aliphatic heterocycles. The van der Waals surface area contributed by atoms with Gasteiger partial charge in [0, 0.05) is 6.04 Å². The zero-order chi connectivity index (χ0) is 14.8. The molecule has 2 rings (SSSR count). The number of benzene rings is 1. The van der Waals surface area contributed by atoms with Gasteiger partial charge in [-0.2, -0.15) is 5.26 Å². The standard InChI is InChI=1S/C14H18N2O3S/c1-10-8-11(9-15)6-7-14(10)20(18,19)16-12-4-2-3-5-13(12)17/h6-8,12-13,16-17H,2-5H2,1H3/t12-,13-/m1/s1. The van der Waals surface area contributed by atoms with Crippen LogP contribution < -0.4 is 4.72 Å². The molecule has 0 unspecified atom stereocenters. The minimum absolute atomic E-state index is 0.161. The van der Waals surface area contributed by atoms with Gasteiger partial charge in [0.2, 0.25) is 10.0 Å². The van der Waals surface area contributed by atoms with Gasteiger partial charge in [0.15, 0.2) is 0 Å². The van der Waals surface area contributed by atoms with E-state index < -0.39 is 22.2 Å². The van der Waals surface area contributed by atoms with Gasteiger partial charge in [-0.1, -0.05) is 12.8 Å². The van der Waals surface area contributed by atoms with Gasteiger partial charge in [0.25, 0.3) is 0 Å². The van der Waals surface area contributed by atoms with E-state index in [-0.39, 0.29) is 4.90 Å². The predicted molar refractivity (Wildman–Crippen MR) is 74.5 cm³/mol. The van der Waals surface area contributed by atoms with Crippen LogP contribution in [0.5, 0.6) is 0 Å². The molecule has 2 atom stereocenters. The lowest BCUT2D eigenvalue weighted by atomic mass is 9.93. The number of aliphatic hydroxyl groups is 1. The van der Waals surface area contributed by atoms with Gasteiger partial charge in [-0.05, 0) is 43.5 Å². The molecule has 1 fully saturated rings. The van der Waals surface area contributed by atoms with Gasteiger partial charge in [0.1, 0.15) is 0 Å². The first kappa shape index (κ1) is 15.0. The highest BCUT2D eigenvalue weighted by Crippen LogP contribution is 2.22. The van der Waals surface area contributed by atoms with Crippen LogP contribution >= 0.6 is 0 Å². The predicted octanol–water partition coefficient (Wildman–Crippen LogP) is 1.45. The van der Waals surface area contributed by atoms with Crippen LogP contribution in [-0.2, 0) is 10.0 Å². The molecule has 108 valence electrons. The smallest absolute Gasteiger partial charge is 0.241 e. The first-order valence-electron chi connectivity index (χ1n) is 6.65. The third kappa shape index (κ3) is 3.18. The number of hydrogen-bond acceptors (Lipinski definition) is 4. The molecule has 2 N–H and O–H groups in total. The highest BCUT2D eigenvalue weighted by Gasteiger charge is 2.28. The Morgan fingerprint density at radius 2 is 2.05 bits per heavy atom. The SMILES string of the molecule is Cc1cc(C#N)ccc1S(=O)(=O)N[C@@H]1CCCC[C@H]1O. The molecule has 0 saturated heterocycles. The Kier molecular flexibility index (Phi) is 4.43. The first-order valence-corrected chi connectivity index (χ1v) is 8.13. The normalized spacial score (nSPS) is 23.2. The van der Waals surface area contributed by atoms with Crippen LogP contribution in [0.3, 0.4) is 0 Å². The molecule has 1 aromatic carbocycles. The van der Waals surface area contributed by atoms with Crippen LogP contribution in [0, 0.1) is 18.3 Å². The lowest BCUT2D eigenvalue weighted by Crippen LogP contribution is -2.45. The average molecular weight is 294 g/mol. The highest BCUT2D eigenvalue weighted by molar-refractivity contribution is 7.89. The van der Waals surface area contributed by atoms with Crippen LogP contribution in [-0.4, -0.2) is 25.7 Å². The van der Waals surface area contributed by atoms with E-state index in [1.54, 1.807) is 13.0 Å². The lowest BCUT2D eigenvalue weighted by molar-refractivity contribution is 0.101. The molecule has 20 heavy (non-hydrogen) atoms. The Morgan fingerprint density at radius 1 is 1.35 bits per heavy atom. The van der Waals surface area contributed by atoms with E-state index in [4.69, 9.17) is 5.26 Å². The summed E-state index contributed by atoms with van der Waals surface area (Å²) < 4.78 is 27.3. The van der Waals surface area contributed by atoms with Gasteiger partial charge >= 0.3 is 0 Å². The molecule has 0 amide bonds. The maximum absolute atomic E-state index is 12.4. The van der Waals surface area contributed by atoms with Crippen LogP contribution in [0.25, 0.3) is 0 Å². The lowest BCUT2D eigenvalue weighted by Gasteiger charge is -2.28. The molecular formula is C14H18N2O3S. The second-order valence-electron chi connectivity index (χ2n) is 5.17. The maximum atomic E-state index is 12.4. The molecule has 0 heterocycles. The van der Waals surface area contributed by atoms with Gasteiger partial charge in [-0.15, -0.1) is 0 Å². The van der Waals surface area contributed by atoms with Crippen molar-refractivity contribution < 1.29 is 13.5 Å². The zero-order valence-electron chi connectivity index (χ0n) is 11.3. The number of sulfonamides is 1. The summed E-state index contributed by atoms with van der Waals surface area (Å²) >= 11 is 0. The summed E-state index contributed by atoms with van der Waals surface area (Å²) in [5, 5.41) is 18.7. The van der Waals surface area contributed by atoms with Crippen molar-refractivity contribution in [3.05, 3.63) is 29.3 Å². The van der Waals surface area contributed by atoms with Crippen molar-refractivity contribution in [3.8, 4) is 6.07 Å². The Hall–Kier alpha value is -1.42. The van der Waals surface area contributed by atoms with Crippen LogP contribution in [0.4, 0.5) is 0 Å². The molecule has 0 bridgehead atoms. The molecule has 1 aliphatic carbocycles. The highest BCUT2D eigenvalue weighted by atomic mass is 32.2. The monoisotopic (exact) mass is 294 g/mol. The van der Waals surface area contributed by atoms with Crippen molar-refractivity contribution in [1.82, 2.24) is 4.72 Å². The molecule has 1 saturated carbocycles. The molecule has 0 spiro atoms. The van der Waals surface area contributed by atoms with Gasteiger partial charge in [-0.3, -0.25) is 0 Å². The Bertz CT molecular complexity index is 634. The summed E-state index contributed by atoms with van der Waals surface area (Å²) in [6.45, 7) is 1.66. The van der Waals surface area contributed by atoms with Crippen molar-refractivity contribution in [2.75, 3.05) is 0 Å². The molecule has 1 aromatic rings. The average Bonchev–Trinajstić information content (AvgIpc) is 2.40. The summed E-state index contributed by atoms with van der Waals surface area (Å²) in [5.74, 6) is 0. The van der Waals surface area contributed by atoms with Crippen molar-refractivity contribution in [3.63, 3.8) is 0 Å². The third-order valence-corrected chi connectivity index (χ3v) is 5.28. The van der Waals surface area contributed by atoms with Crippen LogP contribution in [0.15, 0.2) is 23.1 Å². The maximum Gasteiger partial charge on any atom is 0.241 e. The van der Waals surface area contributed by atoms with E-state index >= 15 is 0 Å². The number of nitriles is 1. The van der Waals surface area contributed by atoms with Crippen LogP contribution in [0.1, 0.15) is 36.8 Å². The topological polar surface area (TPSA) is 90.2 Å². The molecule has 0 radical (unpaired) electrons. The summed E-state index contributed by atoms with van der Waals surface area (Å²) in [7, 11) is -3.67.